The third-order valence-electron chi connectivity index (χ3n) is 3.87. The first-order valence-corrected chi connectivity index (χ1v) is 9.73. The normalized spacial score (nSPS) is 10.6. The van der Waals surface area contributed by atoms with E-state index in [-0.39, 0.29) is 18.7 Å². The number of benzene rings is 1. The van der Waals surface area contributed by atoms with Crippen molar-refractivity contribution in [3.05, 3.63) is 40.7 Å². The van der Waals surface area contributed by atoms with E-state index in [1.54, 1.807) is 6.92 Å². The molecule has 0 aliphatic rings. The number of carbonyl (C=O) groups excluding carboxylic acids is 2. The van der Waals surface area contributed by atoms with Crippen LogP contribution < -0.4 is 10.1 Å². The summed E-state index contributed by atoms with van der Waals surface area (Å²) in [4.78, 5) is 32.6. The Bertz CT molecular complexity index is 996. The average Bonchev–Trinajstić information content (AvgIpc) is 3.33. The predicted octanol–water partition coefficient (Wildman–Crippen LogP) is 3.26. The number of nitrogens with zero attached hydrogens (tertiary/aromatic N) is 3. The molecule has 10 heteroatoms. The lowest BCUT2D eigenvalue weighted by Gasteiger charge is -2.02. The van der Waals surface area contributed by atoms with Gasteiger partial charge in [-0.15, -0.1) is 0 Å². The zero-order valence-electron chi connectivity index (χ0n) is 16.2. The predicted molar refractivity (Wildman–Crippen MR) is 106 cm³/mol. The quantitative estimate of drug-likeness (QED) is 0.556. The largest absolute Gasteiger partial charge is 0.494 e. The lowest BCUT2D eigenvalue weighted by molar-refractivity contribution is -0.116. The highest BCUT2D eigenvalue weighted by atomic mass is 32.1. The molecule has 152 valence electrons. The van der Waals surface area contributed by atoms with Crippen molar-refractivity contribution in [3.8, 4) is 17.1 Å². The highest BCUT2D eigenvalue weighted by molar-refractivity contribution is 7.17. The molecule has 3 rings (SSSR count). The number of anilines is 1. The van der Waals surface area contributed by atoms with E-state index in [2.05, 4.69) is 25.2 Å². The summed E-state index contributed by atoms with van der Waals surface area (Å²) in [6, 6.07) is 7.36. The summed E-state index contributed by atoms with van der Waals surface area (Å²) in [6.07, 6.45) is 0.418. The number of thiazole rings is 1. The van der Waals surface area contributed by atoms with Gasteiger partial charge in [-0.1, -0.05) is 16.5 Å². The Morgan fingerprint density at radius 3 is 2.66 bits per heavy atom. The van der Waals surface area contributed by atoms with Crippen LogP contribution in [0.25, 0.3) is 11.4 Å². The molecule has 0 bridgehead atoms. The van der Waals surface area contributed by atoms with Crippen LogP contribution in [0.5, 0.6) is 5.75 Å². The Balaban J connectivity index is 1.55. The summed E-state index contributed by atoms with van der Waals surface area (Å²) < 4.78 is 15.3. The third-order valence-corrected chi connectivity index (χ3v) is 4.92. The number of esters is 1. The number of aromatic nitrogens is 3. The standard InChI is InChI=1S/C19H20N4O5S/c1-4-27-13-7-5-12(6-8-13)17-22-15(28-23-17)10-9-14(24)21-19-20-11(2)16(29-19)18(25)26-3/h5-8H,4,9-10H2,1-3H3,(H,20,21,24). The molecule has 0 saturated carbocycles. The molecular formula is C19H20N4O5S. The first-order chi connectivity index (χ1) is 14.0. The Morgan fingerprint density at radius 2 is 1.97 bits per heavy atom. The second kappa shape index (κ2) is 9.28. The topological polar surface area (TPSA) is 116 Å². The number of ether oxygens (including phenoxy) is 2. The zero-order valence-corrected chi connectivity index (χ0v) is 17.0. The average molecular weight is 416 g/mol. The molecule has 0 saturated heterocycles. The van der Waals surface area contributed by atoms with Crippen molar-refractivity contribution in [1.82, 2.24) is 15.1 Å². The number of nitrogens with one attached hydrogen (secondary N) is 1. The minimum Gasteiger partial charge on any atom is -0.494 e. The molecule has 2 heterocycles. The van der Waals surface area contributed by atoms with Gasteiger partial charge in [0, 0.05) is 18.4 Å². The molecule has 0 fully saturated rings. The maximum atomic E-state index is 12.2. The van der Waals surface area contributed by atoms with Gasteiger partial charge in [0.2, 0.25) is 17.6 Å². The van der Waals surface area contributed by atoms with E-state index < -0.39 is 5.97 Å². The van der Waals surface area contributed by atoms with E-state index in [0.717, 1.165) is 22.6 Å². The molecule has 0 radical (unpaired) electrons. The number of rotatable bonds is 8. The maximum absolute atomic E-state index is 12.2. The molecule has 29 heavy (non-hydrogen) atoms. The van der Waals surface area contributed by atoms with Crippen LogP contribution in [0.2, 0.25) is 0 Å². The van der Waals surface area contributed by atoms with Crippen molar-refractivity contribution < 1.29 is 23.6 Å². The molecule has 0 atom stereocenters. The van der Waals surface area contributed by atoms with Crippen LogP contribution in [0.1, 0.15) is 34.6 Å². The summed E-state index contributed by atoms with van der Waals surface area (Å²) in [5.41, 5.74) is 1.30. The van der Waals surface area contributed by atoms with Crippen molar-refractivity contribution in [1.29, 1.82) is 0 Å². The number of aryl methyl sites for hydroxylation is 2. The van der Waals surface area contributed by atoms with Gasteiger partial charge >= 0.3 is 5.97 Å². The SMILES string of the molecule is CCOc1ccc(-c2noc(CCC(=O)Nc3nc(C)c(C(=O)OC)s3)n2)cc1. The minimum atomic E-state index is -0.479. The number of carbonyl (C=O) groups is 2. The van der Waals surface area contributed by atoms with E-state index in [9.17, 15) is 9.59 Å². The second-order valence-corrected chi connectivity index (χ2v) is 6.94. The summed E-state index contributed by atoms with van der Waals surface area (Å²) >= 11 is 1.07. The smallest absolute Gasteiger partial charge is 0.350 e. The van der Waals surface area contributed by atoms with Crippen LogP contribution in [-0.2, 0) is 16.0 Å². The van der Waals surface area contributed by atoms with Crippen LogP contribution in [-0.4, -0.2) is 40.7 Å². The number of amides is 1. The van der Waals surface area contributed by atoms with E-state index in [1.165, 1.54) is 7.11 Å². The van der Waals surface area contributed by atoms with Crippen molar-refractivity contribution in [2.24, 2.45) is 0 Å². The van der Waals surface area contributed by atoms with E-state index in [0.29, 0.717) is 34.0 Å². The van der Waals surface area contributed by atoms with Crippen LogP contribution in [0.3, 0.4) is 0 Å². The third kappa shape index (κ3) is 5.17. The molecule has 9 nitrogen and oxygen atoms in total. The van der Waals surface area contributed by atoms with E-state index >= 15 is 0 Å². The maximum Gasteiger partial charge on any atom is 0.350 e. The molecule has 0 aliphatic carbocycles. The van der Waals surface area contributed by atoms with E-state index in [1.807, 2.05) is 31.2 Å². The first-order valence-electron chi connectivity index (χ1n) is 8.91. The molecule has 0 aliphatic heterocycles. The minimum absolute atomic E-state index is 0.136. The van der Waals surface area contributed by atoms with Gasteiger partial charge in [-0.25, -0.2) is 9.78 Å². The number of hydrogen-bond donors (Lipinski definition) is 1. The van der Waals surface area contributed by atoms with Gasteiger partial charge in [0.15, 0.2) is 5.13 Å². The lowest BCUT2D eigenvalue weighted by atomic mass is 10.2. The lowest BCUT2D eigenvalue weighted by Crippen LogP contribution is -2.12. The fourth-order valence-electron chi connectivity index (χ4n) is 2.47. The number of hydrogen-bond acceptors (Lipinski definition) is 9. The second-order valence-electron chi connectivity index (χ2n) is 5.94. The molecule has 0 unspecified atom stereocenters. The van der Waals surface area contributed by atoms with Gasteiger partial charge in [0.1, 0.15) is 10.6 Å². The van der Waals surface area contributed by atoms with Crippen molar-refractivity contribution in [2.75, 3.05) is 19.0 Å². The molecule has 3 aromatic rings. The fourth-order valence-corrected chi connectivity index (χ4v) is 3.38. The van der Waals surface area contributed by atoms with Crippen LogP contribution in [0, 0.1) is 6.92 Å². The Morgan fingerprint density at radius 1 is 1.21 bits per heavy atom. The molecule has 0 spiro atoms. The zero-order chi connectivity index (χ0) is 20.8. The van der Waals surface area contributed by atoms with Gasteiger partial charge < -0.3 is 19.3 Å². The van der Waals surface area contributed by atoms with E-state index in [4.69, 9.17) is 9.26 Å². The number of methoxy groups -OCH3 is 1. The van der Waals surface area contributed by atoms with Crippen LogP contribution >= 0.6 is 11.3 Å². The summed E-state index contributed by atoms with van der Waals surface area (Å²) in [5.74, 6) is 0.824. The van der Waals surface area contributed by atoms with Crippen molar-refractivity contribution >= 4 is 28.3 Å². The highest BCUT2D eigenvalue weighted by Crippen LogP contribution is 2.24. The Hall–Kier alpha value is -3.27. The van der Waals surface area contributed by atoms with Crippen molar-refractivity contribution in [3.63, 3.8) is 0 Å². The van der Waals surface area contributed by atoms with Crippen LogP contribution in [0.4, 0.5) is 5.13 Å². The monoisotopic (exact) mass is 416 g/mol. The molecule has 1 aromatic carbocycles. The molecule has 2 aromatic heterocycles. The molecule has 1 amide bonds. The summed E-state index contributed by atoms with van der Waals surface area (Å²) in [7, 11) is 1.30. The molecule has 1 N–H and O–H groups in total. The van der Waals surface area contributed by atoms with Crippen LogP contribution in [0.15, 0.2) is 28.8 Å². The van der Waals surface area contributed by atoms with Gasteiger partial charge in [0.05, 0.1) is 19.4 Å². The van der Waals surface area contributed by atoms with Gasteiger partial charge in [-0.05, 0) is 38.1 Å². The fraction of sp³-hybridized carbons (Fsp3) is 0.316. The van der Waals surface area contributed by atoms with Gasteiger partial charge in [0.25, 0.3) is 0 Å². The Labute approximate surface area is 171 Å². The summed E-state index contributed by atoms with van der Waals surface area (Å²) in [6.45, 7) is 4.20. The van der Waals surface area contributed by atoms with Gasteiger partial charge in [-0.3, -0.25) is 4.79 Å². The summed E-state index contributed by atoms with van der Waals surface area (Å²) in [5, 5.41) is 6.95. The molecular weight excluding hydrogens is 396 g/mol. The Kier molecular flexibility index (Phi) is 6.55. The van der Waals surface area contributed by atoms with Crippen molar-refractivity contribution in [2.45, 2.75) is 26.7 Å². The highest BCUT2D eigenvalue weighted by Gasteiger charge is 2.17. The first kappa shape index (κ1) is 20.5. The van der Waals surface area contributed by atoms with Gasteiger partial charge in [-0.2, -0.15) is 4.98 Å².